The lowest BCUT2D eigenvalue weighted by molar-refractivity contribution is 0.824. The van der Waals surface area contributed by atoms with Crippen LogP contribution in [0, 0.1) is 0 Å². The summed E-state index contributed by atoms with van der Waals surface area (Å²) in [7, 11) is 1.30. The van der Waals surface area contributed by atoms with Gasteiger partial charge in [0.15, 0.2) is 0 Å². The predicted molar refractivity (Wildman–Crippen MR) is 98.9 cm³/mol. The van der Waals surface area contributed by atoms with Gasteiger partial charge in [0.25, 0.3) is 0 Å². The fourth-order valence-corrected chi connectivity index (χ4v) is 5.14. The molecule has 1 atom stereocenters. The van der Waals surface area contributed by atoms with Crippen molar-refractivity contribution in [2.24, 2.45) is 0 Å². The van der Waals surface area contributed by atoms with Crippen molar-refractivity contribution in [2.45, 2.75) is 38.9 Å². The minimum Gasteiger partial charge on any atom is -0.391 e. The van der Waals surface area contributed by atoms with Gasteiger partial charge >= 0.3 is 0 Å². The van der Waals surface area contributed by atoms with Crippen LogP contribution in [0.1, 0.15) is 33.6 Å². The molecule has 0 aromatic heterocycles. The van der Waals surface area contributed by atoms with Gasteiger partial charge in [0.1, 0.15) is 0 Å². The van der Waals surface area contributed by atoms with Crippen molar-refractivity contribution in [3.8, 4) is 0 Å². The maximum absolute atomic E-state index is 3.83. The zero-order chi connectivity index (χ0) is 15.6. The van der Waals surface area contributed by atoms with E-state index < -0.39 is 10.0 Å². The normalized spacial score (nSPS) is 16.3. The molecule has 0 fully saturated rings. The van der Waals surface area contributed by atoms with Crippen molar-refractivity contribution in [1.29, 1.82) is 0 Å². The first-order valence-corrected chi connectivity index (χ1v) is 10.2. The van der Waals surface area contributed by atoms with Crippen molar-refractivity contribution < 1.29 is 0 Å². The highest BCUT2D eigenvalue weighted by Gasteiger charge is 2.25. The van der Waals surface area contributed by atoms with Gasteiger partial charge in [-0.05, 0) is 44.1 Å². The molecule has 0 aliphatic heterocycles. The predicted octanol–water partition coefficient (Wildman–Crippen LogP) is 5.03. The molecule has 0 aromatic carbocycles. The third kappa shape index (κ3) is 6.04. The lowest BCUT2D eigenvalue weighted by Crippen LogP contribution is -2.27. The molecule has 0 bridgehead atoms. The van der Waals surface area contributed by atoms with E-state index in [1.165, 1.54) is 23.4 Å². The molecule has 1 nitrogen and oxygen atoms in total. The van der Waals surface area contributed by atoms with Crippen molar-refractivity contribution in [3.05, 3.63) is 48.2 Å². The number of rotatable bonds is 9. The average molecular weight is 296 g/mol. The van der Waals surface area contributed by atoms with Crippen LogP contribution in [-0.2, 0) is 0 Å². The van der Waals surface area contributed by atoms with Crippen LogP contribution >= 0.6 is 10.0 Å². The lowest BCUT2D eigenvalue weighted by atomic mass is 10.2. The smallest absolute Gasteiger partial charge is 0.0284 e. The molecule has 1 unspecified atom stereocenters. The van der Waals surface area contributed by atoms with Crippen LogP contribution in [0.2, 0.25) is 0 Å². The molecule has 0 rings (SSSR count). The van der Waals surface area contributed by atoms with E-state index in [2.05, 4.69) is 69.5 Å². The Morgan fingerprint density at radius 3 is 2.35 bits per heavy atom. The van der Waals surface area contributed by atoms with E-state index >= 15 is 0 Å². The van der Waals surface area contributed by atoms with E-state index in [0.717, 1.165) is 6.42 Å². The van der Waals surface area contributed by atoms with Gasteiger partial charge in [-0.1, -0.05) is 50.3 Å². The summed E-state index contributed by atoms with van der Waals surface area (Å²) < 4.78 is 0. The first-order valence-electron chi connectivity index (χ1n) is 7.48. The van der Waals surface area contributed by atoms with Gasteiger partial charge in [-0.25, -0.2) is 10.0 Å². The van der Waals surface area contributed by atoms with Gasteiger partial charge in [-0.2, -0.15) is 0 Å². The van der Waals surface area contributed by atoms with Gasteiger partial charge in [-0.3, -0.25) is 0 Å². The molecule has 0 aliphatic rings. The van der Waals surface area contributed by atoms with E-state index in [1.807, 2.05) is 13.1 Å². The molecule has 0 saturated carbocycles. The van der Waals surface area contributed by atoms with Crippen LogP contribution in [0.25, 0.3) is 0 Å². The number of allylic oxidation sites excluding steroid dienone is 5. The molecule has 0 spiro atoms. The molecule has 0 saturated heterocycles. The number of hydrogen-bond donors (Lipinski definition) is 1. The van der Waals surface area contributed by atoms with E-state index in [4.69, 9.17) is 0 Å². The molecule has 2 heteroatoms. The molecule has 20 heavy (non-hydrogen) atoms. The maximum atomic E-state index is 3.83. The molecular weight excluding hydrogens is 262 g/mol. The fraction of sp³-hybridized carbons (Fsp3) is 0.556. The van der Waals surface area contributed by atoms with Gasteiger partial charge < -0.3 is 5.32 Å². The third-order valence-electron chi connectivity index (χ3n) is 3.64. The minimum atomic E-state index is -0.718. The summed E-state index contributed by atoms with van der Waals surface area (Å²) in [5.41, 5.74) is 2.77. The van der Waals surface area contributed by atoms with Crippen molar-refractivity contribution in [3.63, 3.8) is 0 Å². The first kappa shape index (κ1) is 19.1. The van der Waals surface area contributed by atoms with Crippen molar-refractivity contribution in [1.82, 2.24) is 5.32 Å². The highest BCUT2D eigenvalue weighted by atomic mass is 32.3. The Kier molecular flexibility index (Phi) is 9.49. The Hall–Kier alpha value is -0.890. The zero-order valence-electron chi connectivity index (χ0n) is 14.2. The fourth-order valence-electron chi connectivity index (χ4n) is 2.48. The summed E-state index contributed by atoms with van der Waals surface area (Å²) >= 11 is 0. The SMILES string of the molecule is C=C/C=C(/NC)C(CC)S(C)(C)C/C=C(/C=CC)CC. The molecule has 0 heterocycles. The summed E-state index contributed by atoms with van der Waals surface area (Å²) in [5, 5.41) is 3.97. The second-order valence-corrected chi connectivity index (χ2v) is 9.58. The molecule has 0 radical (unpaired) electrons. The van der Waals surface area contributed by atoms with Crippen LogP contribution in [0.5, 0.6) is 0 Å². The van der Waals surface area contributed by atoms with Crippen molar-refractivity contribution >= 4 is 10.0 Å². The van der Waals surface area contributed by atoms with Crippen LogP contribution in [-0.4, -0.2) is 30.6 Å². The van der Waals surface area contributed by atoms with E-state index in [0.29, 0.717) is 5.25 Å². The molecule has 116 valence electrons. The topological polar surface area (TPSA) is 12.0 Å². The van der Waals surface area contributed by atoms with Crippen LogP contribution in [0.3, 0.4) is 0 Å². The molecule has 1 N–H and O–H groups in total. The summed E-state index contributed by atoms with van der Waals surface area (Å²) in [4.78, 5) is 0. The average Bonchev–Trinajstić information content (AvgIpc) is 2.42. The van der Waals surface area contributed by atoms with E-state index in [-0.39, 0.29) is 0 Å². The van der Waals surface area contributed by atoms with Gasteiger partial charge in [0, 0.05) is 18.0 Å². The Labute approximate surface area is 128 Å². The Bertz CT molecular complexity index is 375. The lowest BCUT2D eigenvalue weighted by Gasteiger charge is -2.40. The number of hydrogen-bond acceptors (Lipinski definition) is 1. The standard InChI is InChI=1S/C18H33NS/c1-8-12-16(10-3)14-15-20(6,7)18(11-4)17(19-5)13-9-2/h8-9,12-14,18-19H,2,10-11,15H2,1,3-7H3/b12-8?,16-14+,17-13+. The monoisotopic (exact) mass is 295 g/mol. The number of nitrogens with one attached hydrogen (secondary N) is 1. The van der Waals surface area contributed by atoms with Crippen LogP contribution < -0.4 is 5.32 Å². The second kappa shape index (κ2) is 9.93. The summed E-state index contributed by atoms with van der Waals surface area (Å²) in [6, 6.07) is 0. The van der Waals surface area contributed by atoms with Crippen molar-refractivity contribution in [2.75, 3.05) is 25.3 Å². The summed E-state index contributed by atoms with van der Waals surface area (Å²) in [5.74, 6) is 1.18. The van der Waals surface area contributed by atoms with Gasteiger partial charge in [0.2, 0.25) is 0 Å². The van der Waals surface area contributed by atoms with Gasteiger partial charge in [-0.15, -0.1) is 0 Å². The van der Waals surface area contributed by atoms with Crippen LogP contribution in [0.15, 0.2) is 48.2 Å². The zero-order valence-corrected chi connectivity index (χ0v) is 15.0. The molecule has 0 aromatic rings. The molecular formula is C18H33NS. The van der Waals surface area contributed by atoms with E-state index in [1.54, 1.807) is 0 Å². The van der Waals surface area contributed by atoms with Crippen LogP contribution in [0.4, 0.5) is 0 Å². The molecule has 0 amide bonds. The third-order valence-corrected chi connectivity index (χ3v) is 6.79. The first-order chi connectivity index (χ1) is 9.46. The second-order valence-electron chi connectivity index (χ2n) is 5.43. The Morgan fingerprint density at radius 1 is 1.30 bits per heavy atom. The highest BCUT2D eigenvalue weighted by Crippen LogP contribution is 2.49. The van der Waals surface area contributed by atoms with E-state index in [9.17, 15) is 0 Å². The largest absolute Gasteiger partial charge is 0.391 e. The highest BCUT2D eigenvalue weighted by molar-refractivity contribution is 8.33. The Balaban J connectivity index is 5.16. The Morgan fingerprint density at radius 2 is 1.95 bits per heavy atom. The summed E-state index contributed by atoms with van der Waals surface area (Å²) in [6.45, 7) is 10.4. The molecule has 0 aliphatic carbocycles. The van der Waals surface area contributed by atoms with Gasteiger partial charge in [0.05, 0.1) is 0 Å². The minimum absolute atomic E-state index is 0.602. The summed E-state index contributed by atoms with van der Waals surface area (Å²) in [6.07, 6.45) is 18.0. The maximum Gasteiger partial charge on any atom is 0.0284 e. The quantitative estimate of drug-likeness (QED) is 0.588.